The lowest BCUT2D eigenvalue weighted by Gasteiger charge is -2.11. The standard InChI is InChI=1S/C23H18ClN5/c1-15-6-8-16(9-7-15)14-25-22-19-4-2-3-5-20(19)29-23(26-22)21(27-28-29)17-10-12-18(24)13-11-17/h2-13H,14H2,1H3,(H,25,26). The number of nitrogens with one attached hydrogen (secondary N) is 1. The lowest BCUT2D eigenvalue weighted by atomic mass is 10.1. The van der Waals surface area contributed by atoms with E-state index in [0.29, 0.717) is 17.2 Å². The predicted molar refractivity (Wildman–Crippen MR) is 117 cm³/mol. The molecule has 0 atom stereocenters. The molecule has 142 valence electrons. The number of aryl methyl sites for hydroxylation is 1. The highest BCUT2D eigenvalue weighted by Crippen LogP contribution is 2.28. The molecule has 0 saturated carbocycles. The van der Waals surface area contributed by atoms with Crippen LogP contribution in [0.2, 0.25) is 5.02 Å². The second-order valence-electron chi connectivity index (χ2n) is 7.00. The number of halogens is 1. The zero-order valence-corrected chi connectivity index (χ0v) is 16.6. The van der Waals surface area contributed by atoms with Crippen molar-refractivity contribution < 1.29 is 0 Å². The summed E-state index contributed by atoms with van der Waals surface area (Å²) in [6.45, 7) is 2.77. The third kappa shape index (κ3) is 3.30. The van der Waals surface area contributed by atoms with Gasteiger partial charge < -0.3 is 5.32 Å². The first-order valence-corrected chi connectivity index (χ1v) is 9.76. The summed E-state index contributed by atoms with van der Waals surface area (Å²) in [7, 11) is 0. The number of fused-ring (bicyclic) bond motifs is 3. The summed E-state index contributed by atoms with van der Waals surface area (Å²) < 4.78 is 1.79. The molecule has 0 spiro atoms. The molecular weight excluding hydrogens is 382 g/mol. The molecule has 0 saturated heterocycles. The van der Waals surface area contributed by atoms with Crippen LogP contribution in [0.1, 0.15) is 11.1 Å². The molecule has 6 heteroatoms. The van der Waals surface area contributed by atoms with Gasteiger partial charge in [-0.1, -0.05) is 70.9 Å². The number of benzene rings is 3. The van der Waals surface area contributed by atoms with Crippen molar-refractivity contribution in [1.82, 2.24) is 19.8 Å². The second-order valence-corrected chi connectivity index (χ2v) is 7.43. The molecule has 0 fully saturated rings. The van der Waals surface area contributed by atoms with Gasteiger partial charge in [0, 0.05) is 22.5 Å². The Labute approximate surface area is 173 Å². The Morgan fingerprint density at radius 3 is 2.48 bits per heavy atom. The summed E-state index contributed by atoms with van der Waals surface area (Å²) >= 11 is 6.04. The predicted octanol–water partition coefficient (Wildman–Crippen LogP) is 5.52. The molecule has 0 aliphatic rings. The highest BCUT2D eigenvalue weighted by atomic mass is 35.5. The molecule has 2 heterocycles. The van der Waals surface area contributed by atoms with Crippen molar-refractivity contribution in [2.24, 2.45) is 0 Å². The number of hydrogen-bond acceptors (Lipinski definition) is 4. The maximum absolute atomic E-state index is 6.04. The molecule has 3 aromatic carbocycles. The molecular formula is C23H18ClN5. The van der Waals surface area contributed by atoms with Crippen molar-refractivity contribution in [3.05, 3.63) is 88.9 Å². The fourth-order valence-electron chi connectivity index (χ4n) is 3.39. The Hall–Kier alpha value is -3.44. The third-order valence-electron chi connectivity index (χ3n) is 4.95. The number of nitrogens with zero attached hydrogens (tertiary/aromatic N) is 4. The van der Waals surface area contributed by atoms with Gasteiger partial charge in [-0.3, -0.25) is 0 Å². The largest absolute Gasteiger partial charge is 0.365 e. The normalized spacial score (nSPS) is 11.2. The Kier molecular flexibility index (Phi) is 4.37. The molecule has 0 aliphatic heterocycles. The fraction of sp³-hybridized carbons (Fsp3) is 0.0870. The smallest absolute Gasteiger partial charge is 0.186 e. The van der Waals surface area contributed by atoms with Crippen LogP contribution in [0.15, 0.2) is 72.8 Å². The van der Waals surface area contributed by atoms with Gasteiger partial charge in [-0.2, -0.15) is 4.52 Å². The van der Waals surface area contributed by atoms with Crippen molar-refractivity contribution in [2.75, 3.05) is 5.32 Å². The SMILES string of the molecule is Cc1ccc(CNc2nc3c(-c4ccc(Cl)cc4)nnn3c3ccccc23)cc1. The van der Waals surface area contributed by atoms with Gasteiger partial charge in [0.15, 0.2) is 5.65 Å². The highest BCUT2D eigenvalue weighted by Gasteiger charge is 2.15. The molecule has 0 aliphatic carbocycles. The Morgan fingerprint density at radius 1 is 0.931 bits per heavy atom. The van der Waals surface area contributed by atoms with E-state index in [1.165, 1.54) is 11.1 Å². The van der Waals surface area contributed by atoms with Gasteiger partial charge in [0.05, 0.1) is 5.52 Å². The van der Waals surface area contributed by atoms with Gasteiger partial charge in [0.25, 0.3) is 0 Å². The summed E-state index contributed by atoms with van der Waals surface area (Å²) in [5, 5.41) is 13.9. The summed E-state index contributed by atoms with van der Waals surface area (Å²) in [6.07, 6.45) is 0. The highest BCUT2D eigenvalue weighted by molar-refractivity contribution is 6.30. The monoisotopic (exact) mass is 399 g/mol. The van der Waals surface area contributed by atoms with Gasteiger partial charge in [-0.05, 0) is 36.8 Å². The summed E-state index contributed by atoms with van der Waals surface area (Å²) in [5.41, 5.74) is 5.76. The number of rotatable bonds is 4. The first-order chi connectivity index (χ1) is 14.2. The average Bonchev–Trinajstić information content (AvgIpc) is 3.18. The van der Waals surface area contributed by atoms with Crippen molar-refractivity contribution in [3.8, 4) is 11.3 Å². The van der Waals surface area contributed by atoms with E-state index in [2.05, 4.69) is 46.8 Å². The van der Waals surface area contributed by atoms with Crippen LogP contribution in [-0.2, 0) is 6.54 Å². The Bertz CT molecular complexity index is 1310. The van der Waals surface area contributed by atoms with E-state index in [9.17, 15) is 0 Å². The molecule has 5 rings (SSSR count). The fourth-order valence-corrected chi connectivity index (χ4v) is 3.51. The summed E-state index contributed by atoms with van der Waals surface area (Å²) in [4.78, 5) is 4.89. The minimum atomic E-state index is 0.684. The van der Waals surface area contributed by atoms with E-state index in [1.807, 2.05) is 48.5 Å². The van der Waals surface area contributed by atoms with E-state index in [0.717, 1.165) is 28.0 Å². The molecule has 1 N–H and O–H groups in total. The Balaban J connectivity index is 1.62. The van der Waals surface area contributed by atoms with E-state index < -0.39 is 0 Å². The molecule has 5 aromatic rings. The minimum Gasteiger partial charge on any atom is -0.365 e. The lowest BCUT2D eigenvalue weighted by molar-refractivity contribution is 0.876. The van der Waals surface area contributed by atoms with E-state index in [4.69, 9.17) is 16.6 Å². The summed E-state index contributed by atoms with van der Waals surface area (Å²) in [6, 6.07) is 24.1. The van der Waals surface area contributed by atoms with Crippen LogP contribution in [0.4, 0.5) is 5.82 Å². The van der Waals surface area contributed by atoms with Crippen molar-refractivity contribution in [2.45, 2.75) is 13.5 Å². The number of anilines is 1. The second kappa shape index (κ2) is 7.18. The van der Waals surface area contributed by atoms with Crippen LogP contribution < -0.4 is 5.32 Å². The van der Waals surface area contributed by atoms with Crippen molar-refractivity contribution in [1.29, 1.82) is 0 Å². The zero-order chi connectivity index (χ0) is 19.8. The molecule has 0 bridgehead atoms. The Morgan fingerprint density at radius 2 is 1.69 bits per heavy atom. The first kappa shape index (κ1) is 17.6. The lowest BCUT2D eigenvalue weighted by Crippen LogP contribution is -2.05. The maximum atomic E-state index is 6.04. The molecule has 5 nitrogen and oxygen atoms in total. The van der Waals surface area contributed by atoms with Gasteiger partial charge in [-0.15, -0.1) is 5.10 Å². The van der Waals surface area contributed by atoms with E-state index in [-0.39, 0.29) is 0 Å². The first-order valence-electron chi connectivity index (χ1n) is 9.38. The van der Waals surface area contributed by atoms with Crippen LogP contribution >= 0.6 is 11.6 Å². The van der Waals surface area contributed by atoms with Gasteiger partial charge in [0.1, 0.15) is 11.5 Å². The molecule has 2 aromatic heterocycles. The molecule has 0 radical (unpaired) electrons. The van der Waals surface area contributed by atoms with Crippen LogP contribution in [0.3, 0.4) is 0 Å². The average molecular weight is 400 g/mol. The number of para-hydroxylation sites is 1. The third-order valence-corrected chi connectivity index (χ3v) is 5.20. The van der Waals surface area contributed by atoms with Gasteiger partial charge in [-0.25, -0.2) is 4.98 Å². The number of aromatic nitrogens is 4. The van der Waals surface area contributed by atoms with Crippen LogP contribution in [-0.4, -0.2) is 19.8 Å². The van der Waals surface area contributed by atoms with E-state index >= 15 is 0 Å². The summed E-state index contributed by atoms with van der Waals surface area (Å²) in [5.74, 6) is 0.811. The van der Waals surface area contributed by atoms with Crippen molar-refractivity contribution >= 4 is 34.0 Å². The van der Waals surface area contributed by atoms with Gasteiger partial charge >= 0.3 is 0 Å². The minimum absolute atomic E-state index is 0.684. The van der Waals surface area contributed by atoms with Crippen LogP contribution in [0.25, 0.3) is 27.8 Å². The quantitative estimate of drug-likeness (QED) is 0.432. The van der Waals surface area contributed by atoms with Crippen LogP contribution in [0, 0.1) is 6.92 Å². The maximum Gasteiger partial charge on any atom is 0.186 e. The van der Waals surface area contributed by atoms with Crippen LogP contribution in [0.5, 0.6) is 0 Å². The number of hydrogen-bond donors (Lipinski definition) is 1. The van der Waals surface area contributed by atoms with E-state index in [1.54, 1.807) is 4.52 Å². The molecule has 0 unspecified atom stereocenters. The zero-order valence-electron chi connectivity index (χ0n) is 15.8. The van der Waals surface area contributed by atoms with Gasteiger partial charge in [0.2, 0.25) is 0 Å². The van der Waals surface area contributed by atoms with Crippen molar-refractivity contribution in [3.63, 3.8) is 0 Å². The molecule has 0 amide bonds. The molecule has 29 heavy (non-hydrogen) atoms. The topological polar surface area (TPSA) is 55.1 Å².